The van der Waals surface area contributed by atoms with Crippen molar-refractivity contribution in [3.05, 3.63) is 243 Å². The number of aromatic nitrogens is 6. The highest BCUT2D eigenvalue weighted by molar-refractivity contribution is 5.86. The van der Waals surface area contributed by atoms with Crippen LogP contribution in [-0.4, -0.2) is 29.9 Å². The summed E-state index contributed by atoms with van der Waals surface area (Å²) in [5.74, 6) is 3.56. The summed E-state index contributed by atoms with van der Waals surface area (Å²) < 4.78 is 0. The Bertz CT molecular complexity index is 3370. The Kier molecular flexibility index (Phi) is 10.9. The number of rotatable bonds is 10. The summed E-state index contributed by atoms with van der Waals surface area (Å²) >= 11 is 0. The van der Waals surface area contributed by atoms with Crippen LogP contribution in [0, 0.1) is 0 Å². The van der Waals surface area contributed by atoms with Crippen LogP contribution in [0.4, 0.5) is 0 Å². The molecule has 9 aromatic carbocycles. The van der Waals surface area contributed by atoms with Crippen molar-refractivity contribution in [1.82, 2.24) is 29.9 Å². The van der Waals surface area contributed by atoms with Crippen molar-refractivity contribution in [2.24, 2.45) is 0 Å². The van der Waals surface area contributed by atoms with Crippen LogP contribution in [0.5, 0.6) is 0 Å². The molecule has 0 saturated carbocycles. The SMILES string of the molecule is c1ccc(-c2nc(-c3cccc(-c4cccc(-c5nc(-c6ccccc6-c6ccccc6)nc(-c6ccccc6-c6ccccc6)n5)c4)c3)nc(-c3ccccc3-c3ccccc3)n2)cc1. The maximum Gasteiger partial charge on any atom is 0.164 e. The van der Waals surface area contributed by atoms with Gasteiger partial charge >= 0.3 is 0 Å². The monoisotopic (exact) mass is 844 g/mol. The van der Waals surface area contributed by atoms with Gasteiger partial charge in [0.25, 0.3) is 0 Å². The van der Waals surface area contributed by atoms with E-state index < -0.39 is 0 Å². The molecule has 0 aliphatic heterocycles. The molecule has 310 valence electrons. The van der Waals surface area contributed by atoms with Crippen molar-refractivity contribution < 1.29 is 0 Å². The highest BCUT2D eigenvalue weighted by atomic mass is 15.0. The van der Waals surface area contributed by atoms with Gasteiger partial charge < -0.3 is 0 Å². The normalized spacial score (nSPS) is 11.0. The van der Waals surface area contributed by atoms with Gasteiger partial charge in [0.2, 0.25) is 0 Å². The highest BCUT2D eigenvalue weighted by Gasteiger charge is 2.19. The molecule has 6 nitrogen and oxygen atoms in total. The van der Waals surface area contributed by atoms with Gasteiger partial charge in [-0.15, -0.1) is 0 Å². The molecule has 0 unspecified atom stereocenters. The van der Waals surface area contributed by atoms with E-state index in [-0.39, 0.29) is 0 Å². The maximum absolute atomic E-state index is 5.24. The average Bonchev–Trinajstić information content (AvgIpc) is 3.41. The van der Waals surface area contributed by atoms with E-state index in [4.69, 9.17) is 29.9 Å². The Morgan fingerprint density at radius 2 is 0.379 bits per heavy atom. The zero-order valence-electron chi connectivity index (χ0n) is 35.8. The van der Waals surface area contributed by atoms with Gasteiger partial charge in [-0.3, -0.25) is 0 Å². The molecule has 11 aromatic rings. The summed E-state index contributed by atoms with van der Waals surface area (Å²) in [6.45, 7) is 0. The Morgan fingerprint density at radius 3 is 0.727 bits per heavy atom. The predicted molar refractivity (Wildman–Crippen MR) is 268 cm³/mol. The molecule has 0 spiro atoms. The number of nitrogens with zero attached hydrogens (tertiary/aromatic N) is 6. The summed E-state index contributed by atoms with van der Waals surface area (Å²) in [6, 6.07) is 82.9. The molecular formula is C60H40N6. The van der Waals surface area contributed by atoms with Gasteiger partial charge in [-0.1, -0.05) is 231 Å². The third-order valence-electron chi connectivity index (χ3n) is 11.6. The van der Waals surface area contributed by atoms with Crippen molar-refractivity contribution in [2.45, 2.75) is 0 Å². The molecule has 0 N–H and O–H groups in total. The topological polar surface area (TPSA) is 77.3 Å². The van der Waals surface area contributed by atoms with Crippen molar-refractivity contribution in [3.63, 3.8) is 0 Å². The zero-order chi connectivity index (χ0) is 44.1. The van der Waals surface area contributed by atoms with Crippen LogP contribution in [-0.2, 0) is 0 Å². The molecule has 0 amide bonds. The summed E-state index contributed by atoms with van der Waals surface area (Å²) in [4.78, 5) is 31.1. The fraction of sp³-hybridized carbons (Fsp3) is 0. The van der Waals surface area contributed by atoms with Gasteiger partial charge in [0.15, 0.2) is 34.9 Å². The minimum Gasteiger partial charge on any atom is -0.208 e. The Hall–Kier alpha value is -9.00. The fourth-order valence-electron chi connectivity index (χ4n) is 8.41. The number of hydrogen-bond donors (Lipinski definition) is 0. The van der Waals surface area contributed by atoms with E-state index in [1.807, 2.05) is 66.7 Å². The van der Waals surface area contributed by atoms with Crippen molar-refractivity contribution in [3.8, 4) is 113 Å². The van der Waals surface area contributed by atoms with E-state index in [9.17, 15) is 0 Å². The molecular weight excluding hydrogens is 805 g/mol. The second-order valence-corrected chi connectivity index (χ2v) is 15.9. The van der Waals surface area contributed by atoms with Crippen LogP contribution in [0.25, 0.3) is 113 Å². The first kappa shape index (κ1) is 39.8. The summed E-state index contributed by atoms with van der Waals surface area (Å²) in [5, 5.41) is 0. The van der Waals surface area contributed by atoms with E-state index in [1.54, 1.807) is 0 Å². The molecule has 2 aromatic heterocycles. The zero-order valence-corrected chi connectivity index (χ0v) is 35.8. The van der Waals surface area contributed by atoms with E-state index in [0.29, 0.717) is 34.9 Å². The van der Waals surface area contributed by atoms with E-state index >= 15 is 0 Å². The summed E-state index contributed by atoms with van der Waals surface area (Å²) in [5.41, 5.74) is 13.8. The molecule has 66 heavy (non-hydrogen) atoms. The van der Waals surface area contributed by atoms with Gasteiger partial charge in [-0.05, 0) is 56.6 Å². The van der Waals surface area contributed by atoms with Crippen LogP contribution in [0.2, 0.25) is 0 Å². The molecule has 0 bridgehead atoms. The van der Waals surface area contributed by atoms with Crippen molar-refractivity contribution in [2.75, 3.05) is 0 Å². The third-order valence-corrected chi connectivity index (χ3v) is 11.6. The molecule has 6 heteroatoms. The molecule has 0 atom stereocenters. The second kappa shape index (κ2) is 18.0. The third kappa shape index (κ3) is 8.18. The Labute approximate surface area is 383 Å². The van der Waals surface area contributed by atoms with Crippen LogP contribution >= 0.6 is 0 Å². The standard InChI is InChI=1S/C60H40N6/c1-5-21-41(22-6-1)49-33-13-16-36-52(49)58-62-55(44-27-11-4-12-28-44)61-56(63-58)47-31-19-29-45(39-47)46-30-20-32-48(40-46)57-64-59(53-37-17-14-34-50(53)42-23-7-2-8-24-42)66-60(65-57)54-38-18-15-35-51(54)43-25-9-3-10-26-43/h1-40H. The maximum atomic E-state index is 5.24. The quantitative estimate of drug-likeness (QED) is 0.136. The van der Waals surface area contributed by atoms with Gasteiger partial charge in [0, 0.05) is 33.4 Å². The molecule has 0 saturated heterocycles. The number of benzene rings is 9. The molecule has 0 fully saturated rings. The molecule has 0 aliphatic rings. The predicted octanol–water partition coefficient (Wildman–Crippen LogP) is 14.7. The molecule has 11 rings (SSSR count). The fourth-order valence-corrected chi connectivity index (χ4v) is 8.41. The number of hydrogen-bond acceptors (Lipinski definition) is 6. The molecule has 0 aliphatic carbocycles. The van der Waals surface area contributed by atoms with Gasteiger partial charge in [0.05, 0.1) is 0 Å². The lowest BCUT2D eigenvalue weighted by Crippen LogP contribution is -2.02. The van der Waals surface area contributed by atoms with Crippen LogP contribution in [0.1, 0.15) is 0 Å². The Morgan fingerprint density at radius 1 is 0.152 bits per heavy atom. The van der Waals surface area contributed by atoms with Gasteiger partial charge in [-0.2, -0.15) is 0 Å². The summed E-state index contributed by atoms with van der Waals surface area (Å²) in [7, 11) is 0. The molecule has 0 radical (unpaired) electrons. The van der Waals surface area contributed by atoms with Crippen LogP contribution in [0.3, 0.4) is 0 Å². The van der Waals surface area contributed by atoms with Crippen molar-refractivity contribution >= 4 is 0 Å². The highest BCUT2D eigenvalue weighted by Crippen LogP contribution is 2.37. The van der Waals surface area contributed by atoms with Crippen LogP contribution < -0.4 is 0 Å². The lowest BCUT2D eigenvalue weighted by Gasteiger charge is -2.14. The van der Waals surface area contributed by atoms with E-state index in [2.05, 4.69) is 176 Å². The first-order chi connectivity index (χ1) is 32.7. The lowest BCUT2D eigenvalue weighted by atomic mass is 9.97. The second-order valence-electron chi connectivity index (χ2n) is 15.9. The van der Waals surface area contributed by atoms with Crippen molar-refractivity contribution in [1.29, 1.82) is 0 Å². The smallest absolute Gasteiger partial charge is 0.164 e. The van der Waals surface area contributed by atoms with Gasteiger partial charge in [0.1, 0.15) is 0 Å². The lowest BCUT2D eigenvalue weighted by molar-refractivity contribution is 1.07. The van der Waals surface area contributed by atoms with E-state index in [1.165, 1.54) is 0 Å². The van der Waals surface area contributed by atoms with Gasteiger partial charge in [-0.25, -0.2) is 29.9 Å². The minimum absolute atomic E-state index is 0.574. The minimum atomic E-state index is 0.574. The first-order valence-electron chi connectivity index (χ1n) is 22.0. The first-order valence-corrected chi connectivity index (χ1v) is 22.0. The molecule has 2 heterocycles. The largest absolute Gasteiger partial charge is 0.208 e. The summed E-state index contributed by atoms with van der Waals surface area (Å²) in [6.07, 6.45) is 0. The van der Waals surface area contributed by atoms with Crippen LogP contribution in [0.15, 0.2) is 243 Å². The van der Waals surface area contributed by atoms with E-state index in [0.717, 1.165) is 77.9 Å². The average molecular weight is 845 g/mol. The Balaban J connectivity index is 1.03.